The maximum atomic E-state index is 8.69. The van der Waals surface area contributed by atoms with Crippen molar-refractivity contribution in [3.63, 3.8) is 0 Å². The molecule has 0 radical (unpaired) electrons. The lowest BCUT2D eigenvalue weighted by molar-refractivity contribution is 0.318. The quantitative estimate of drug-likeness (QED) is 0.286. The van der Waals surface area contributed by atoms with E-state index in [2.05, 4.69) is 10.1 Å². The number of hydrogen-bond donors (Lipinski definition) is 2. The number of oxime groups is 1. The summed E-state index contributed by atoms with van der Waals surface area (Å²) in [7, 11) is 1.60. The van der Waals surface area contributed by atoms with Crippen LogP contribution in [0.25, 0.3) is 0 Å². The van der Waals surface area contributed by atoms with Gasteiger partial charge in [-0.25, -0.2) is 4.98 Å². The number of oxazole rings is 1. The molecule has 0 unspecified atom stereocenters. The predicted molar refractivity (Wildman–Crippen MR) is 71.6 cm³/mol. The van der Waals surface area contributed by atoms with Crippen molar-refractivity contribution in [2.75, 3.05) is 7.11 Å². The van der Waals surface area contributed by atoms with Crippen LogP contribution in [0.1, 0.15) is 11.1 Å². The van der Waals surface area contributed by atoms with E-state index >= 15 is 0 Å². The zero-order valence-corrected chi connectivity index (χ0v) is 11.1. The molecule has 0 aliphatic heterocycles. The van der Waals surface area contributed by atoms with Crippen molar-refractivity contribution in [2.24, 2.45) is 10.9 Å². The summed E-state index contributed by atoms with van der Waals surface area (Å²) in [5.74, 6) is 1.40. The first kappa shape index (κ1) is 13.3. The summed E-state index contributed by atoms with van der Waals surface area (Å²) in [4.78, 5) is 4.03. The molecule has 7 heteroatoms. The first-order valence-electron chi connectivity index (χ1n) is 5.41. The number of nitrogens with zero attached hydrogens (tertiary/aromatic N) is 2. The largest absolute Gasteiger partial charge is 0.496 e. The number of nitrogens with two attached hydrogens (primary N) is 1. The Morgan fingerprint density at radius 1 is 1.58 bits per heavy atom. The minimum atomic E-state index is 0.0602. The number of ether oxygens (including phenoxy) is 1. The van der Waals surface area contributed by atoms with Gasteiger partial charge in [-0.1, -0.05) is 16.9 Å². The fourth-order valence-electron chi connectivity index (χ4n) is 1.53. The van der Waals surface area contributed by atoms with Crippen molar-refractivity contribution in [3.05, 3.63) is 41.8 Å². The number of aromatic nitrogens is 1. The second-order valence-electron chi connectivity index (χ2n) is 3.60. The van der Waals surface area contributed by atoms with Crippen molar-refractivity contribution in [2.45, 2.75) is 11.0 Å². The van der Waals surface area contributed by atoms with E-state index in [0.29, 0.717) is 16.5 Å². The Hall–Kier alpha value is -2.15. The molecule has 0 amide bonds. The molecule has 100 valence electrons. The van der Waals surface area contributed by atoms with E-state index < -0.39 is 0 Å². The molecule has 0 bridgehead atoms. The first-order valence-corrected chi connectivity index (χ1v) is 6.40. The average molecular weight is 279 g/mol. The van der Waals surface area contributed by atoms with Gasteiger partial charge in [0.1, 0.15) is 12.0 Å². The molecule has 2 rings (SSSR count). The van der Waals surface area contributed by atoms with E-state index in [1.54, 1.807) is 25.4 Å². The SMILES string of the molecule is COc1ccc(/C(N)=N/O)cc1CSc1ncco1. The van der Waals surface area contributed by atoms with Crippen molar-refractivity contribution < 1.29 is 14.4 Å². The number of hydrogen-bond acceptors (Lipinski definition) is 6. The van der Waals surface area contributed by atoms with Gasteiger partial charge in [0.05, 0.1) is 13.3 Å². The highest BCUT2D eigenvalue weighted by molar-refractivity contribution is 7.98. The maximum Gasteiger partial charge on any atom is 0.255 e. The molecule has 0 saturated heterocycles. The third kappa shape index (κ3) is 3.19. The molecule has 0 fully saturated rings. The molecule has 0 saturated carbocycles. The summed E-state index contributed by atoms with van der Waals surface area (Å²) < 4.78 is 10.4. The Morgan fingerprint density at radius 3 is 3.05 bits per heavy atom. The highest BCUT2D eigenvalue weighted by Gasteiger charge is 2.09. The molecule has 19 heavy (non-hydrogen) atoms. The second-order valence-corrected chi connectivity index (χ2v) is 4.53. The van der Waals surface area contributed by atoms with Crippen LogP contribution in [0.3, 0.4) is 0 Å². The molecular formula is C12H13N3O3S. The van der Waals surface area contributed by atoms with Gasteiger partial charge in [0, 0.05) is 16.9 Å². The van der Waals surface area contributed by atoms with Crippen LogP contribution >= 0.6 is 11.8 Å². The van der Waals surface area contributed by atoms with Gasteiger partial charge in [-0.2, -0.15) is 0 Å². The molecule has 0 spiro atoms. The van der Waals surface area contributed by atoms with Gasteiger partial charge in [0.25, 0.3) is 5.22 Å². The predicted octanol–water partition coefficient (Wildman–Crippen LogP) is 2.07. The normalized spacial score (nSPS) is 11.5. The number of methoxy groups -OCH3 is 1. The highest BCUT2D eigenvalue weighted by Crippen LogP contribution is 2.27. The summed E-state index contributed by atoms with van der Waals surface area (Å²) in [5, 5.41) is 12.2. The Bertz CT molecular complexity index is 570. The summed E-state index contributed by atoms with van der Waals surface area (Å²) in [6.45, 7) is 0. The zero-order valence-electron chi connectivity index (χ0n) is 10.2. The second kappa shape index (κ2) is 6.14. The van der Waals surface area contributed by atoms with E-state index in [-0.39, 0.29) is 5.84 Å². The van der Waals surface area contributed by atoms with Crippen LogP contribution in [0.4, 0.5) is 0 Å². The van der Waals surface area contributed by atoms with Crippen molar-refractivity contribution in [3.8, 4) is 5.75 Å². The van der Waals surface area contributed by atoms with E-state index in [0.717, 1.165) is 11.3 Å². The Balaban J connectivity index is 2.21. The Labute approximate surface area is 114 Å². The molecule has 1 heterocycles. The number of rotatable bonds is 5. The standard InChI is InChI=1S/C12H13N3O3S/c1-17-10-3-2-8(11(13)15-16)6-9(10)7-19-12-14-4-5-18-12/h2-6,16H,7H2,1H3,(H2,13,15). The number of thioether (sulfide) groups is 1. The van der Waals surface area contributed by atoms with E-state index in [1.807, 2.05) is 6.07 Å². The summed E-state index contributed by atoms with van der Waals surface area (Å²) >= 11 is 1.44. The van der Waals surface area contributed by atoms with Gasteiger partial charge >= 0.3 is 0 Å². The molecule has 1 aromatic heterocycles. The molecular weight excluding hydrogens is 266 g/mol. The van der Waals surface area contributed by atoms with Crippen LogP contribution in [-0.4, -0.2) is 23.1 Å². The topological polar surface area (TPSA) is 93.9 Å². The number of amidine groups is 1. The molecule has 3 N–H and O–H groups in total. The zero-order chi connectivity index (χ0) is 13.7. The van der Waals surface area contributed by atoms with Crippen molar-refractivity contribution in [1.82, 2.24) is 4.98 Å². The lowest BCUT2D eigenvalue weighted by Crippen LogP contribution is -2.13. The van der Waals surface area contributed by atoms with E-state index in [9.17, 15) is 0 Å². The van der Waals surface area contributed by atoms with Gasteiger partial charge < -0.3 is 20.1 Å². The van der Waals surface area contributed by atoms with Crippen LogP contribution in [-0.2, 0) is 5.75 Å². The van der Waals surface area contributed by atoms with Crippen LogP contribution < -0.4 is 10.5 Å². The first-order chi connectivity index (χ1) is 9.24. The van der Waals surface area contributed by atoms with Crippen LogP contribution in [0.5, 0.6) is 5.75 Å². The van der Waals surface area contributed by atoms with Crippen LogP contribution in [0, 0.1) is 0 Å². The molecule has 0 aliphatic carbocycles. The third-order valence-corrected chi connectivity index (χ3v) is 3.35. The Kier molecular flexibility index (Phi) is 4.30. The summed E-state index contributed by atoms with van der Waals surface area (Å²) in [6, 6.07) is 5.32. The van der Waals surface area contributed by atoms with E-state index in [1.165, 1.54) is 18.0 Å². The van der Waals surface area contributed by atoms with Crippen LogP contribution in [0.15, 0.2) is 45.5 Å². The lowest BCUT2D eigenvalue weighted by Gasteiger charge is -2.09. The minimum Gasteiger partial charge on any atom is -0.496 e. The smallest absolute Gasteiger partial charge is 0.255 e. The Morgan fingerprint density at radius 2 is 2.42 bits per heavy atom. The van der Waals surface area contributed by atoms with Gasteiger partial charge in [-0.3, -0.25) is 0 Å². The van der Waals surface area contributed by atoms with Gasteiger partial charge in [0.2, 0.25) is 0 Å². The van der Waals surface area contributed by atoms with Crippen molar-refractivity contribution in [1.29, 1.82) is 0 Å². The summed E-state index contributed by atoms with van der Waals surface area (Å²) in [5.41, 5.74) is 7.11. The lowest BCUT2D eigenvalue weighted by atomic mass is 10.1. The molecule has 0 aliphatic rings. The van der Waals surface area contributed by atoms with Crippen LogP contribution in [0.2, 0.25) is 0 Å². The van der Waals surface area contributed by atoms with Gasteiger partial charge in [-0.15, -0.1) is 0 Å². The molecule has 0 atom stereocenters. The monoisotopic (exact) mass is 279 g/mol. The van der Waals surface area contributed by atoms with Gasteiger partial charge in [-0.05, 0) is 18.2 Å². The fourth-order valence-corrected chi connectivity index (χ4v) is 2.29. The molecule has 1 aromatic carbocycles. The third-order valence-electron chi connectivity index (χ3n) is 2.44. The maximum absolute atomic E-state index is 8.69. The molecule has 2 aromatic rings. The van der Waals surface area contributed by atoms with Gasteiger partial charge in [0.15, 0.2) is 5.84 Å². The van der Waals surface area contributed by atoms with E-state index in [4.69, 9.17) is 20.1 Å². The van der Waals surface area contributed by atoms with Crippen molar-refractivity contribution >= 4 is 17.6 Å². The highest BCUT2D eigenvalue weighted by atomic mass is 32.2. The average Bonchev–Trinajstić information content (AvgIpc) is 2.97. The minimum absolute atomic E-state index is 0.0602. The fraction of sp³-hybridized carbons (Fsp3) is 0.167. The number of benzene rings is 1. The molecule has 6 nitrogen and oxygen atoms in total. The summed E-state index contributed by atoms with van der Waals surface area (Å²) in [6.07, 6.45) is 3.11.